The van der Waals surface area contributed by atoms with Gasteiger partial charge < -0.3 is 19.5 Å². The molecule has 3 aromatic rings. The summed E-state index contributed by atoms with van der Waals surface area (Å²) in [5, 5.41) is 0. The second kappa shape index (κ2) is 11.6. The van der Waals surface area contributed by atoms with Gasteiger partial charge >= 0.3 is 0 Å². The maximum Gasteiger partial charge on any atom is 0.242 e. The van der Waals surface area contributed by atoms with E-state index in [2.05, 4.69) is 25.9 Å². The van der Waals surface area contributed by atoms with E-state index < -0.39 is 5.41 Å². The number of rotatable bonds is 11. The van der Waals surface area contributed by atoms with Crippen LogP contribution in [-0.2, 0) is 22.6 Å². The third kappa shape index (κ3) is 5.99. The van der Waals surface area contributed by atoms with Gasteiger partial charge in [-0.25, -0.2) is 4.98 Å². The largest absolute Gasteiger partial charge is 0.493 e. The molecule has 196 valence electrons. The van der Waals surface area contributed by atoms with E-state index in [0.717, 1.165) is 44.0 Å². The Morgan fingerprint density at radius 1 is 1.08 bits per heavy atom. The number of nitrogens with one attached hydrogen (secondary N) is 1. The van der Waals surface area contributed by atoms with E-state index in [1.807, 2.05) is 43.6 Å². The molecule has 9 heteroatoms. The molecular weight excluding hydrogens is 468 g/mol. The molecule has 0 unspecified atom stereocenters. The van der Waals surface area contributed by atoms with Crippen LogP contribution in [0, 0.1) is 5.41 Å². The fraction of sp³-hybridized carbons (Fsp3) is 0.429. The number of H-pyrrole nitrogens is 1. The molecule has 1 aromatic carbocycles. The number of anilines is 2. The van der Waals surface area contributed by atoms with E-state index in [4.69, 9.17) is 4.74 Å². The highest BCUT2D eigenvalue weighted by molar-refractivity contribution is 6.20. The number of carbonyl (C=O) groups excluding carboxylic acids is 2. The molecule has 0 saturated carbocycles. The zero-order valence-corrected chi connectivity index (χ0v) is 22.1. The van der Waals surface area contributed by atoms with E-state index in [1.54, 1.807) is 43.1 Å². The molecule has 0 saturated heterocycles. The fourth-order valence-electron chi connectivity index (χ4n) is 4.65. The minimum atomic E-state index is -1.13. The predicted octanol–water partition coefficient (Wildman–Crippen LogP) is 3.67. The lowest BCUT2D eigenvalue weighted by atomic mass is 9.90. The number of ether oxygens (including phenoxy) is 1. The molecule has 0 aliphatic carbocycles. The van der Waals surface area contributed by atoms with Crippen molar-refractivity contribution in [3.05, 3.63) is 66.5 Å². The van der Waals surface area contributed by atoms with Crippen molar-refractivity contribution in [2.45, 2.75) is 40.2 Å². The van der Waals surface area contributed by atoms with Crippen molar-refractivity contribution in [1.82, 2.24) is 19.9 Å². The highest BCUT2D eigenvalue weighted by Crippen LogP contribution is 2.40. The number of imidazole rings is 1. The van der Waals surface area contributed by atoms with Crippen molar-refractivity contribution in [2.24, 2.45) is 5.41 Å². The molecule has 0 fully saturated rings. The van der Waals surface area contributed by atoms with Crippen molar-refractivity contribution < 1.29 is 14.3 Å². The van der Waals surface area contributed by atoms with Gasteiger partial charge in [0.15, 0.2) is 0 Å². The third-order valence-corrected chi connectivity index (χ3v) is 6.79. The van der Waals surface area contributed by atoms with Crippen LogP contribution in [0.3, 0.4) is 0 Å². The SMILES string of the molecule is CCN1C(=O)C(C)(C)C(=O)N(C)c2cc(OCCCN(CCc3cccnc3)Cc3ncc[nH]3)ccc21. The molecule has 0 bridgehead atoms. The maximum atomic E-state index is 13.1. The van der Waals surface area contributed by atoms with E-state index in [-0.39, 0.29) is 11.8 Å². The first-order valence-corrected chi connectivity index (χ1v) is 12.8. The zero-order chi connectivity index (χ0) is 26.4. The first-order chi connectivity index (χ1) is 17.8. The lowest BCUT2D eigenvalue weighted by molar-refractivity contribution is -0.137. The summed E-state index contributed by atoms with van der Waals surface area (Å²) < 4.78 is 6.09. The molecule has 1 aliphatic rings. The molecule has 1 N–H and O–H groups in total. The van der Waals surface area contributed by atoms with Gasteiger partial charge in [-0.1, -0.05) is 6.07 Å². The Morgan fingerprint density at radius 2 is 1.92 bits per heavy atom. The lowest BCUT2D eigenvalue weighted by Gasteiger charge is -2.27. The average molecular weight is 505 g/mol. The molecule has 2 amide bonds. The molecule has 0 atom stereocenters. The molecule has 0 radical (unpaired) electrons. The Labute approximate surface area is 218 Å². The smallest absolute Gasteiger partial charge is 0.242 e. The number of hydrogen-bond acceptors (Lipinski definition) is 6. The summed E-state index contributed by atoms with van der Waals surface area (Å²) in [4.78, 5) is 43.5. The topological polar surface area (TPSA) is 94.7 Å². The predicted molar refractivity (Wildman–Crippen MR) is 144 cm³/mol. The molecule has 4 rings (SSSR count). The molecule has 2 aromatic heterocycles. The standard InChI is InChI=1S/C28H36N6O3/c1-5-34-23-10-9-22(18-24(23)32(4)26(35)28(2,3)27(34)36)37-17-7-15-33(20-25-30-13-14-31-25)16-11-21-8-6-12-29-19-21/h6,8-10,12-14,18-19H,5,7,11,15-17,20H2,1-4H3,(H,30,31). The summed E-state index contributed by atoms with van der Waals surface area (Å²) in [5.74, 6) is 1.19. The number of fused-ring (bicyclic) bond motifs is 1. The molecule has 9 nitrogen and oxygen atoms in total. The Balaban J connectivity index is 1.39. The molecule has 0 spiro atoms. The van der Waals surface area contributed by atoms with Gasteiger partial charge in [0.25, 0.3) is 0 Å². The van der Waals surface area contributed by atoms with Gasteiger partial charge in [-0.05, 0) is 57.4 Å². The Hall–Kier alpha value is -3.72. The van der Waals surface area contributed by atoms with Crippen LogP contribution in [0.5, 0.6) is 5.75 Å². The Morgan fingerprint density at radius 3 is 2.62 bits per heavy atom. The highest BCUT2D eigenvalue weighted by Gasteiger charge is 2.45. The van der Waals surface area contributed by atoms with Gasteiger partial charge in [-0.3, -0.25) is 19.5 Å². The van der Waals surface area contributed by atoms with Crippen LogP contribution in [0.4, 0.5) is 11.4 Å². The van der Waals surface area contributed by atoms with Crippen molar-refractivity contribution >= 4 is 23.2 Å². The summed E-state index contributed by atoms with van der Waals surface area (Å²) in [6.45, 7) is 8.76. The number of aromatic amines is 1. The van der Waals surface area contributed by atoms with Crippen LogP contribution in [0.25, 0.3) is 0 Å². The number of carbonyl (C=O) groups is 2. The van der Waals surface area contributed by atoms with Crippen LogP contribution in [0.1, 0.15) is 38.6 Å². The van der Waals surface area contributed by atoms with Crippen LogP contribution in [-0.4, -0.2) is 65.0 Å². The van der Waals surface area contributed by atoms with Crippen LogP contribution < -0.4 is 14.5 Å². The number of nitrogens with zero attached hydrogens (tertiary/aromatic N) is 5. The average Bonchev–Trinajstić information content (AvgIpc) is 3.41. The van der Waals surface area contributed by atoms with E-state index in [0.29, 0.717) is 24.6 Å². The van der Waals surface area contributed by atoms with Crippen molar-refractivity contribution in [2.75, 3.05) is 43.1 Å². The summed E-state index contributed by atoms with van der Waals surface area (Å²) in [6.07, 6.45) is 9.03. The van der Waals surface area contributed by atoms with E-state index >= 15 is 0 Å². The number of amides is 2. The van der Waals surface area contributed by atoms with Crippen LogP contribution in [0.2, 0.25) is 0 Å². The first kappa shape index (κ1) is 26.3. The van der Waals surface area contributed by atoms with Gasteiger partial charge in [0, 0.05) is 57.5 Å². The number of benzene rings is 1. The van der Waals surface area contributed by atoms with Gasteiger partial charge in [0.1, 0.15) is 17.0 Å². The Kier molecular flexibility index (Phi) is 8.23. The quantitative estimate of drug-likeness (QED) is 0.316. The number of pyridine rings is 1. The summed E-state index contributed by atoms with van der Waals surface area (Å²) in [5.41, 5.74) is 1.48. The second-order valence-corrected chi connectivity index (χ2v) is 9.81. The van der Waals surface area contributed by atoms with Gasteiger partial charge in [0.05, 0.1) is 24.5 Å². The van der Waals surface area contributed by atoms with Crippen molar-refractivity contribution in [3.8, 4) is 5.75 Å². The minimum Gasteiger partial charge on any atom is -0.493 e. The van der Waals surface area contributed by atoms with E-state index in [9.17, 15) is 9.59 Å². The summed E-state index contributed by atoms with van der Waals surface area (Å²) in [6, 6.07) is 9.65. The molecule has 1 aliphatic heterocycles. The van der Waals surface area contributed by atoms with Crippen molar-refractivity contribution in [1.29, 1.82) is 0 Å². The number of hydrogen-bond donors (Lipinski definition) is 1. The summed E-state index contributed by atoms with van der Waals surface area (Å²) in [7, 11) is 1.72. The molecule has 37 heavy (non-hydrogen) atoms. The van der Waals surface area contributed by atoms with Gasteiger partial charge in [0.2, 0.25) is 11.8 Å². The fourth-order valence-corrected chi connectivity index (χ4v) is 4.65. The second-order valence-electron chi connectivity index (χ2n) is 9.81. The zero-order valence-electron chi connectivity index (χ0n) is 22.1. The summed E-state index contributed by atoms with van der Waals surface area (Å²) >= 11 is 0. The van der Waals surface area contributed by atoms with Gasteiger partial charge in [-0.2, -0.15) is 0 Å². The molecule has 3 heterocycles. The Bertz CT molecular complexity index is 1200. The van der Waals surface area contributed by atoms with E-state index in [1.165, 1.54) is 5.56 Å². The minimum absolute atomic E-state index is 0.192. The maximum absolute atomic E-state index is 13.1. The lowest BCUT2D eigenvalue weighted by Crippen LogP contribution is -2.47. The first-order valence-electron chi connectivity index (χ1n) is 12.8. The van der Waals surface area contributed by atoms with Crippen LogP contribution >= 0.6 is 0 Å². The van der Waals surface area contributed by atoms with Crippen molar-refractivity contribution in [3.63, 3.8) is 0 Å². The monoisotopic (exact) mass is 504 g/mol. The normalized spacial score (nSPS) is 15.2. The molecular formula is C28H36N6O3. The van der Waals surface area contributed by atoms with Gasteiger partial charge in [-0.15, -0.1) is 0 Å². The highest BCUT2D eigenvalue weighted by atomic mass is 16.5. The van der Waals surface area contributed by atoms with Crippen LogP contribution in [0.15, 0.2) is 55.1 Å². The third-order valence-electron chi connectivity index (χ3n) is 6.79. The number of aromatic nitrogens is 3.